The molecule has 0 bridgehead atoms. The number of hydrogen-bond donors (Lipinski definition) is 2. The van der Waals surface area contributed by atoms with E-state index < -0.39 is 0 Å². The van der Waals surface area contributed by atoms with Crippen molar-refractivity contribution in [3.05, 3.63) is 56.7 Å². The maximum Gasteiger partial charge on any atom is 0.256 e. The molecule has 0 fully saturated rings. The predicted octanol–water partition coefficient (Wildman–Crippen LogP) is 3.74. The van der Waals surface area contributed by atoms with Crippen LogP contribution in [0.4, 0.5) is 11.4 Å². The van der Waals surface area contributed by atoms with Crippen LogP contribution in [0, 0.1) is 17.4 Å². The van der Waals surface area contributed by atoms with Gasteiger partial charge in [-0.1, -0.05) is 12.1 Å². The standard InChI is InChI=1S/C15H15IN2O/c1-9-6-7-11(8-13(9)16)18-15(19)12-4-3-5-14(17)10(12)2/h3-8H,17H2,1-2H3,(H,18,19). The first-order valence-electron chi connectivity index (χ1n) is 5.91. The van der Waals surface area contributed by atoms with Crippen LogP contribution in [0.15, 0.2) is 36.4 Å². The fourth-order valence-electron chi connectivity index (χ4n) is 1.77. The Hall–Kier alpha value is -1.56. The van der Waals surface area contributed by atoms with E-state index in [9.17, 15) is 4.79 Å². The molecule has 0 aliphatic carbocycles. The summed E-state index contributed by atoms with van der Waals surface area (Å²) >= 11 is 2.25. The van der Waals surface area contributed by atoms with Crippen molar-refractivity contribution in [3.8, 4) is 0 Å². The summed E-state index contributed by atoms with van der Waals surface area (Å²) in [5, 5.41) is 2.90. The lowest BCUT2D eigenvalue weighted by Crippen LogP contribution is -2.14. The maximum absolute atomic E-state index is 12.2. The van der Waals surface area contributed by atoms with Gasteiger partial charge in [0.1, 0.15) is 0 Å². The number of halogens is 1. The third-order valence-electron chi connectivity index (χ3n) is 3.05. The summed E-state index contributed by atoms with van der Waals surface area (Å²) in [7, 11) is 0. The number of rotatable bonds is 2. The molecule has 3 nitrogen and oxygen atoms in total. The number of carbonyl (C=O) groups is 1. The smallest absolute Gasteiger partial charge is 0.256 e. The van der Waals surface area contributed by atoms with Gasteiger partial charge in [0.15, 0.2) is 0 Å². The number of carbonyl (C=O) groups excluding carboxylic acids is 1. The van der Waals surface area contributed by atoms with E-state index in [0.29, 0.717) is 11.3 Å². The Labute approximate surface area is 126 Å². The van der Waals surface area contributed by atoms with Gasteiger partial charge in [-0.3, -0.25) is 4.79 Å². The molecule has 1 amide bonds. The highest BCUT2D eigenvalue weighted by atomic mass is 127. The van der Waals surface area contributed by atoms with Gasteiger partial charge in [-0.05, 0) is 71.8 Å². The fraction of sp³-hybridized carbons (Fsp3) is 0.133. The van der Waals surface area contributed by atoms with Crippen molar-refractivity contribution in [2.24, 2.45) is 0 Å². The molecule has 0 aliphatic heterocycles. The van der Waals surface area contributed by atoms with Crippen molar-refractivity contribution in [3.63, 3.8) is 0 Å². The van der Waals surface area contributed by atoms with E-state index in [0.717, 1.165) is 14.8 Å². The highest BCUT2D eigenvalue weighted by molar-refractivity contribution is 14.1. The van der Waals surface area contributed by atoms with E-state index >= 15 is 0 Å². The highest BCUT2D eigenvalue weighted by Crippen LogP contribution is 2.20. The van der Waals surface area contributed by atoms with Crippen LogP contribution in [0.3, 0.4) is 0 Å². The molecule has 0 aromatic heterocycles. The quantitative estimate of drug-likeness (QED) is 0.629. The molecule has 0 saturated carbocycles. The Morgan fingerprint density at radius 3 is 2.63 bits per heavy atom. The monoisotopic (exact) mass is 366 g/mol. The lowest BCUT2D eigenvalue weighted by atomic mass is 10.1. The first-order chi connectivity index (χ1) is 8.99. The van der Waals surface area contributed by atoms with Crippen molar-refractivity contribution in [1.29, 1.82) is 0 Å². The Bertz CT molecular complexity index is 638. The molecular weight excluding hydrogens is 351 g/mol. The molecule has 3 N–H and O–H groups in total. The molecule has 0 unspecified atom stereocenters. The van der Waals surface area contributed by atoms with E-state index in [4.69, 9.17) is 5.73 Å². The molecule has 19 heavy (non-hydrogen) atoms. The number of amides is 1. The normalized spacial score (nSPS) is 10.3. The summed E-state index contributed by atoms with van der Waals surface area (Å²) in [5.74, 6) is -0.135. The molecule has 2 rings (SSSR count). The number of benzene rings is 2. The Morgan fingerprint density at radius 1 is 1.21 bits per heavy atom. The first-order valence-corrected chi connectivity index (χ1v) is 6.99. The van der Waals surface area contributed by atoms with Crippen molar-refractivity contribution in [2.75, 3.05) is 11.1 Å². The molecule has 2 aromatic rings. The largest absolute Gasteiger partial charge is 0.398 e. The number of nitrogens with two attached hydrogens (primary N) is 1. The zero-order valence-electron chi connectivity index (χ0n) is 10.8. The average Bonchev–Trinajstić information content (AvgIpc) is 2.37. The zero-order chi connectivity index (χ0) is 14.0. The molecule has 0 radical (unpaired) electrons. The lowest BCUT2D eigenvalue weighted by molar-refractivity contribution is 0.102. The second-order valence-electron chi connectivity index (χ2n) is 4.44. The third kappa shape index (κ3) is 3.07. The van der Waals surface area contributed by atoms with Crippen LogP contribution in [0.25, 0.3) is 0 Å². The minimum Gasteiger partial charge on any atom is -0.398 e. The van der Waals surface area contributed by atoms with Crippen molar-refractivity contribution in [1.82, 2.24) is 0 Å². The molecule has 0 saturated heterocycles. The molecule has 4 heteroatoms. The number of hydrogen-bond acceptors (Lipinski definition) is 2. The predicted molar refractivity (Wildman–Crippen MR) is 87.4 cm³/mol. The number of nitrogens with one attached hydrogen (secondary N) is 1. The van der Waals surface area contributed by atoms with Crippen LogP contribution in [-0.4, -0.2) is 5.91 Å². The van der Waals surface area contributed by atoms with Gasteiger partial charge in [0, 0.05) is 20.5 Å². The molecule has 0 atom stereocenters. The summed E-state index contributed by atoms with van der Waals surface area (Å²) in [6.07, 6.45) is 0. The minimum atomic E-state index is -0.135. The van der Waals surface area contributed by atoms with Gasteiger partial charge in [0.05, 0.1) is 0 Å². The summed E-state index contributed by atoms with van der Waals surface area (Å²) in [6, 6.07) is 11.2. The van der Waals surface area contributed by atoms with Crippen LogP contribution < -0.4 is 11.1 Å². The van der Waals surface area contributed by atoms with Crippen molar-refractivity contribution in [2.45, 2.75) is 13.8 Å². The minimum absolute atomic E-state index is 0.135. The van der Waals surface area contributed by atoms with Gasteiger partial charge in [-0.15, -0.1) is 0 Å². The third-order valence-corrected chi connectivity index (χ3v) is 4.21. The van der Waals surface area contributed by atoms with Crippen LogP contribution in [-0.2, 0) is 0 Å². The van der Waals surface area contributed by atoms with E-state index in [1.807, 2.05) is 32.0 Å². The van der Waals surface area contributed by atoms with Gasteiger partial charge in [0.25, 0.3) is 5.91 Å². The summed E-state index contributed by atoms with van der Waals surface area (Å²) in [4.78, 5) is 12.2. The fourth-order valence-corrected chi connectivity index (χ4v) is 2.28. The Morgan fingerprint density at radius 2 is 1.95 bits per heavy atom. The lowest BCUT2D eigenvalue weighted by Gasteiger charge is -2.10. The first kappa shape index (κ1) is 13.9. The van der Waals surface area contributed by atoms with E-state index in [-0.39, 0.29) is 5.91 Å². The zero-order valence-corrected chi connectivity index (χ0v) is 13.0. The summed E-state index contributed by atoms with van der Waals surface area (Å²) < 4.78 is 1.12. The molecular formula is C15H15IN2O. The molecule has 0 heterocycles. The van der Waals surface area contributed by atoms with Crippen LogP contribution >= 0.6 is 22.6 Å². The van der Waals surface area contributed by atoms with Crippen molar-refractivity contribution >= 4 is 39.9 Å². The molecule has 0 spiro atoms. The van der Waals surface area contributed by atoms with Crippen LogP contribution in [0.5, 0.6) is 0 Å². The van der Waals surface area contributed by atoms with Gasteiger partial charge >= 0.3 is 0 Å². The number of nitrogen functional groups attached to an aromatic ring is 1. The van der Waals surface area contributed by atoms with Crippen LogP contribution in [0.1, 0.15) is 21.5 Å². The molecule has 2 aromatic carbocycles. The number of aryl methyl sites for hydroxylation is 1. The highest BCUT2D eigenvalue weighted by Gasteiger charge is 2.11. The van der Waals surface area contributed by atoms with E-state index in [1.54, 1.807) is 18.2 Å². The summed E-state index contributed by atoms with van der Waals surface area (Å²) in [6.45, 7) is 3.89. The van der Waals surface area contributed by atoms with Crippen molar-refractivity contribution < 1.29 is 4.79 Å². The van der Waals surface area contributed by atoms with Gasteiger partial charge in [-0.2, -0.15) is 0 Å². The average molecular weight is 366 g/mol. The SMILES string of the molecule is Cc1ccc(NC(=O)c2cccc(N)c2C)cc1I. The Balaban J connectivity index is 2.26. The van der Waals surface area contributed by atoms with E-state index in [1.165, 1.54) is 5.56 Å². The molecule has 0 aliphatic rings. The van der Waals surface area contributed by atoms with E-state index in [2.05, 4.69) is 27.9 Å². The van der Waals surface area contributed by atoms with Gasteiger partial charge < -0.3 is 11.1 Å². The second kappa shape index (κ2) is 5.61. The Kier molecular flexibility index (Phi) is 4.09. The molecule has 98 valence electrons. The van der Waals surface area contributed by atoms with Gasteiger partial charge in [-0.25, -0.2) is 0 Å². The summed E-state index contributed by atoms with van der Waals surface area (Å²) in [5.41, 5.74) is 9.85. The maximum atomic E-state index is 12.2. The number of anilines is 2. The van der Waals surface area contributed by atoms with Gasteiger partial charge in [0.2, 0.25) is 0 Å². The van der Waals surface area contributed by atoms with Crippen LogP contribution in [0.2, 0.25) is 0 Å². The topological polar surface area (TPSA) is 55.1 Å². The second-order valence-corrected chi connectivity index (χ2v) is 5.60.